The maximum atomic E-state index is 11.5. The highest BCUT2D eigenvalue weighted by Gasteiger charge is 2.06. The van der Waals surface area contributed by atoms with Crippen LogP contribution in [0.4, 0.5) is 5.69 Å². The lowest BCUT2D eigenvalue weighted by Crippen LogP contribution is -2.30. The summed E-state index contributed by atoms with van der Waals surface area (Å²) in [6.45, 7) is 0.616. The summed E-state index contributed by atoms with van der Waals surface area (Å²) in [7, 11) is 3.37. The van der Waals surface area contributed by atoms with Crippen molar-refractivity contribution in [3.63, 3.8) is 0 Å². The van der Waals surface area contributed by atoms with E-state index in [1.54, 1.807) is 38.4 Å². The number of nitrogens with one attached hydrogen (secondary N) is 1. The fourth-order valence-electron chi connectivity index (χ4n) is 1.49. The van der Waals surface area contributed by atoms with Gasteiger partial charge in [-0.3, -0.25) is 9.59 Å². The van der Waals surface area contributed by atoms with Gasteiger partial charge in [0.05, 0.1) is 13.0 Å². The number of rotatable bonds is 7. The molecule has 0 saturated carbocycles. The van der Waals surface area contributed by atoms with Crippen LogP contribution in [-0.2, 0) is 9.59 Å². The summed E-state index contributed by atoms with van der Waals surface area (Å²) in [5.74, 6) is 0.488. The molecular formula is C14H21N3O3. The second kappa shape index (κ2) is 8.04. The summed E-state index contributed by atoms with van der Waals surface area (Å²) < 4.78 is 5.41. The van der Waals surface area contributed by atoms with Crippen LogP contribution in [0.2, 0.25) is 0 Å². The van der Waals surface area contributed by atoms with Gasteiger partial charge in [-0.2, -0.15) is 0 Å². The van der Waals surface area contributed by atoms with Crippen molar-refractivity contribution < 1.29 is 14.3 Å². The van der Waals surface area contributed by atoms with Crippen molar-refractivity contribution >= 4 is 17.5 Å². The van der Waals surface area contributed by atoms with Crippen molar-refractivity contribution in [2.24, 2.45) is 0 Å². The van der Waals surface area contributed by atoms with Gasteiger partial charge >= 0.3 is 0 Å². The van der Waals surface area contributed by atoms with Crippen molar-refractivity contribution in [3.8, 4) is 5.75 Å². The third-order valence-corrected chi connectivity index (χ3v) is 2.62. The molecule has 0 fully saturated rings. The molecule has 0 aromatic heterocycles. The zero-order valence-corrected chi connectivity index (χ0v) is 11.9. The summed E-state index contributed by atoms with van der Waals surface area (Å²) >= 11 is 0. The second-order valence-electron chi connectivity index (χ2n) is 4.56. The largest absolute Gasteiger partial charge is 0.493 e. The normalized spacial score (nSPS) is 9.90. The lowest BCUT2D eigenvalue weighted by molar-refractivity contribution is -0.128. The molecule has 6 heteroatoms. The topological polar surface area (TPSA) is 84.7 Å². The molecule has 0 saturated heterocycles. The van der Waals surface area contributed by atoms with Gasteiger partial charge in [-0.1, -0.05) is 6.07 Å². The zero-order chi connectivity index (χ0) is 15.0. The highest BCUT2D eigenvalue weighted by molar-refractivity contribution is 5.78. The third-order valence-electron chi connectivity index (χ3n) is 2.62. The number of hydrogen-bond donors (Lipinski definition) is 2. The van der Waals surface area contributed by atoms with Gasteiger partial charge in [0.1, 0.15) is 5.75 Å². The molecule has 2 amide bonds. The van der Waals surface area contributed by atoms with Crippen LogP contribution in [0.5, 0.6) is 5.75 Å². The number of amides is 2. The molecule has 0 spiro atoms. The summed E-state index contributed by atoms with van der Waals surface area (Å²) in [6.07, 6.45) is 0.541. The molecule has 3 N–H and O–H groups in total. The van der Waals surface area contributed by atoms with Crippen LogP contribution >= 0.6 is 0 Å². The van der Waals surface area contributed by atoms with Crippen LogP contribution in [0, 0.1) is 0 Å². The number of hydrogen-bond acceptors (Lipinski definition) is 4. The Balaban J connectivity index is 2.16. The van der Waals surface area contributed by atoms with Gasteiger partial charge < -0.3 is 20.7 Å². The van der Waals surface area contributed by atoms with E-state index in [4.69, 9.17) is 10.5 Å². The van der Waals surface area contributed by atoms with E-state index in [-0.39, 0.29) is 24.8 Å². The van der Waals surface area contributed by atoms with Crippen LogP contribution < -0.4 is 15.8 Å². The molecule has 110 valence electrons. The highest BCUT2D eigenvalue weighted by Crippen LogP contribution is 2.14. The summed E-state index contributed by atoms with van der Waals surface area (Å²) in [4.78, 5) is 24.3. The minimum absolute atomic E-state index is 0.0127. The Labute approximate surface area is 118 Å². The molecule has 0 aliphatic rings. The number of nitrogen functional groups attached to an aromatic ring is 1. The van der Waals surface area contributed by atoms with Crippen molar-refractivity contribution in [1.29, 1.82) is 0 Å². The van der Waals surface area contributed by atoms with Crippen LogP contribution in [-0.4, -0.2) is 44.0 Å². The molecule has 20 heavy (non-hydrogen) atoms. The van der Waals surface area contributed by atoms with E-state index >= 15 is 0 Å². The first kappa shape index (κ1) is 15.8. The van der Waals surface area contributed by atoms with Gasteiger partial charge in [0.25, 0.3) is 0 Å². The number of carbonyl (C=O) groups excluding carboxylic acids is 2. The SMILES string of the molecule is CN(C)C(=O)CCNC(=O)CCOc1cccc(N)c1. The molecule has 0 unspecified atom stereocenters. The number of benzene rings is 1. The average Bonchev–Trinajstić information content (AvgIpc) is 2.38. The van der Waals surface area contributed by atoms with E-state index in [1.807, 2.05) is 0 Å². The minimum Gasteiger partial charge on any atom is -0.493 e. The Bertz CT molecular complexity index is 461. The van der Waals surface area contributed by atoms with E-state index in [0.717, 1.165) is 0 Å². The maximum Gasteiger partial charge on any atom is 0.223 e. The lowest BCUT2D eigenvalue weighted by atomic mass is 10.3. The molecule has 1 aromatic carbocycles. The summed E-state index contributed by atoms with van der Waals surface area (Å²) in [6, 6.07) is 7.04. The number of nitrogens with two attached hydrogens (primary N) is 1. The summed E-state index contributed by atoms with van der Waals surface area (Å²) in [5.41, 5.74) is 6.23. The second-order valence-corrected chi connectivity index (χ2v) is 4.56. The molecule has 0 bridgehead atoms. The predicted octanol–water partition coefficient (Wildman–Crippen LogP) is 0.632. The van der Waals surface area contributed by atoms with E-state index < -0.39 is 0 Å². The molecule has 1 rings (SSSR count). The van der Waals surface area contributed by atoms with Gasteiger partial charge in [0.2, 0.25) is 11.8 Å². The zero-order valence-electron chi connectivity index (χ0n) is 11.9. The van der Waals surface area contributed by atoms with Crippen molar-refractivity contribution in [1.82, 2.24) is 10.2 Å². The Hall–Kier alpha value is -2.24. The van der Waals surface area contributed by atoms with Crippen molar-refractivity contribution in [3.05, 3.63) is 24.3 Å². The first-order chi connectivity index (χ1) is 9.49. The minimum atomic E-state index is -0.138. The lowest BCUT2D eigenvalue weighted by Gasteiger charge is -2.10. The molecule has 0 atom stereocenters. The van der Waals surface area contributed by atoms with Crippen molar-refractivity contribution in [2.75, 3.05) is 33.0 Å². The fourth-order valence-corrected chi connectivity index (χ4v) is 1.49. The van der Waals surface area contributed by atoms with Crippen LogP contribution in [0.3, 0.4) is 0 Å². The fraction of sp³-hybridized carbons (Fsp3) is 0.429. The van der Waals surface area contributed by atoms with Crippen LogP contribution in [0.15, 0.2) is 24.3 Å². The molecule has 0 aliphatic heterocycles. The molecule has 1 aromatic rings. The predicted molar refractivity (Wildman–Crippen MR) is 77.3 cm³/mol. The Kier molecular flexibility index (Phi) is 6.36. The maximum absolute atomic E-state index is 11.5. The Morgan fingerprint density at radius 1 is 1.30 bits per heavy atom. The first-order valence-electron chi connectivity index (χ1n) is 6.44. The molecule has 6 nitrogen and oxygen atoms in total. The van der Waals surface area contributed by atoms with Crippen LogP contribution in [0.1, 0.15) is 12.8 Å². The highest BCUT2D eigenvalue weighted by atomic mass is 16.5. The van der Waals surface area contributed by atoms with E-state index in [0.29, 0.717) is 24.4 Å². The van der Waals surface area contributed by atoms with Gasteiger partial charge in [0.15, 0.2) is 0 Å². The van der Waals surface area contributed by atoms with Crippen molar-refractivity contribution in [2.45, 2.75) is 12.8 Å². The van der Waals surface area contributed by atoms with Crippen LogP contribution in [0.25, 0.3) is 0 Å². The monoisotopic (exact) mass is 279 g/mol. The van der Waals surface area contributed by atoms with E-state index in [2.05, 4.69) is 5.32 Å². The average molecular weight is 279 g/mol. The van der Waals surface area contributed by atoms with E-state index in [1.165, 1.54) is 4.90 Å². The number of carbonyl (C=O) groups is 2. The molecular weight excluding hydrogens is 258 g/mol. The van der Waals surface area contributed by atoms with Gasteiger partial charge in [-0.05, 0) is 12.1 Å². The molecule has 0 aliphatic carbocycles. The number of nitrogens with zero attached hydrogens (tertiary/aromatic N) is 1. The quantitative estimate of drug-likeness (QED) is 0.717. The smallest absolute Gasteiger partial charge is 0.223 e. The Morgan fingerprint density at radius 2 is 2.05 bits per heavy atom. The van der Waals surface area contributed by atoms with E-state index in [9.17, 15) is 9.59 Å². The molecule has 0 radical (unpaired) electrons. The Morgan fingerprint density at radius 3 is 2.70 bits per heavy atom. The first-order valence-corrected chi connectivity index (χ1v) is 6.44. The standard InChI is InChI=1S/C14H21N3O3/c1-17(2)14(19)6-8-16-13(18)7-9-20-12-5-3-4-11(15)10-12/h3-5,10H,6-9,15H2,1-2H3,(H,16,18). The summed E-state index contributed by atoms with van der Waals surface area (Å²) in [5, 5.41) is 2.67. The number of ether oxygens (including phenoxy) is 1. The van der Waals surface area contributed by atoms with Gasteiger partial charge in [-0.15, -0.1) is 0 Å². The molecule has 0 heterocycles. The van der Waals surface area contributed by atoms with Gasteiger partial charge in [-0.25, -0.2) is 0 Å². The third kappa shape index (κ3) is 6.08. The van der Waals surface area contributed by atoms with Gasteiger partial charge in [0, 0.05) is 38.8 Å². The number of anilines is 1.